The summed E-state index contributed by atoms with van der Waals surface area (Å²) in [6, 6.07) is 19.8. The van der Waals surface area contributed by atoms with E-state index in [1.165, 1.54) is 17.0 Å². The summed E-state index contributed by atoms with van der Waals surface area (Å²) in [5, 5.41) is 3.18. The van der Waals surface area contributed by atoms with Crippen LogP contribution in [0.4, 0.5) is 5.69 Å². The Morgan fingerprint density at radius 3 is 2.17 bits per heavy atom. The molecule has 214 valence electrons. The zero-order valence-electron chi connectivity index (χ0n) is 23.7. The fourth-order valence-electron chi connectivity index (χ4n) is 4.37. The van der Waals surface area contributed by atoms with Crippen LogP contribution in [0.25, 0.3) is 0 Å². The number of anilines is 1. The summed E-state index contributed by atoms with van der Waals surface area (Å²) < 4.78 is 28.9. The Kier molecular flexibility index (Phi) is 10.8. The van der Waals surface area contributed by atoms with Crippen LogP contribution in [-0.4, -0.2) is 43.8 Å². The van der Waals surface area contributed by atoms with Crippen LogP contribution in [0.2, 0.25) is 5.02 Å². The van der Waals surface area contributed by atoms with Gasteiger partial charge in [-0.05, 0) is 63.4 Å². The second-order valence-corrected chi connectivity index (χ2v) is 12.3. The summed E-state index contributed by atoms with van der Waals surface area (Å²) in [4.78, 5) is 29.0. The molecule has 0 heterocycles. The van der Waals surface area contributed by atoms with Crippen LogP contribution in [0, 0.1) is 13.8 Å². The number of hydrogen-bond donors (Lipinski definition) is 1. The van der Waals surface area contributed by atoms with Crippen LogP contribution >= 0.6 is 11.6 Å². The van der Waals surface area contributed by atoms with Crippen LogP contribution in [0.1, 0.15) is 50.3 Å². The smallest absolute Gasteiger partial charge is 0.264 e. The molecule has 2 amide bonds. The normalized spacial score (nSPS) is 12.8. The molecule has 0 radical (unpaired) electrons. The standard InChI is InChI=1S/C31H38ClN3O4S/c1-6-24(5)33-31(37)28(7-2)34(20-25-12-10-11-23(4)19-25)30(36)21-35(29-14-9-8-13-27(29)32)40(38,39)26-17-15-22(3)16-18-26/h8-19,24,28H,6-7,20-21H2,1-5H3,(H,33,37)/t24-,28+/m0/s1. The van der Waals surface area contributed by atoms with E-state index in [9.17, 15) is 18.0 Å². The quantitative estimate of drug-likeness (QED) is 0.289. The average molecular weight is 584 g/mol. The number of para-hydroxylation sites is 1. The van der Waals surface area contributed by atoms with E-state index >= 15 is 0 Å². The minimum absolute atomic E-state index is 0.0395. The molecule has 2 atom stereocenters. The van der Waals surface area contributed by atoms with Gasteiger partial charge in [0.1, 0.15) is 12.6 Å². The Morgan fingerprint density at radius 1 is 0.900 bits per heavy atom. The second kappa shape index (κ2) is 13.8. The van der Waals surface area contributed by atoms with Gasteiger partial charge in [0.25, 0.3) is 10.0 Å². The highest BCUT2D eigenvalue weighted by molar-refractivity contribution is 7.92. The largest absolute Gasteiger partial charge is 0.352 e. The van der Waals surface area contributed by atoms with Crippen LogP contribution in [0.3, 0.4) is 0 Å². The zero-order chi connectivity index (χ0) is 29.4. The SMILES string of the molecule is CC[C@H](C(=O)N[C@@H](C)CC)N(Cc1cccc(C)c1)C(=O)CN(c1ccccc1Cl)S(=O)(=O)c1ccc(C)cc1. The van der Waals surface area contributed by atoms with Crippen LogP contribution in [-0.2, 0) is 26.2 Å². The molecule has 9 heteroatoms. The molecule has 0 saturated heterocycles. The number of rotatable bonds is 12. The molecule has 0 aliphatic heterocycles. The highest BCUT2D eigenvalue weighted by Gasteiger charge is 2.34. The van der Waals surface area contributed by atoms with Gasteiger partial charge < -0.3 is 10.2 Å². The molecule has 3 aromatic carbocycles. The maximum Gasteiger partial charge on any atom is 0.264 e. The molecule has 0 spiro atoms. The minimum atomic E-state index is -4.18. The van der Waals surface area contributed by atoms with Crippen molar-refractivity contribution in [2.45, 2.75) is 71.0 Å². The Bertz CT molecular complexity index is 1430. The first-order valence-electron chi connectivity index (χ1n) is 13.5. The number of nitrogens with zero attached hydrogens (tertiary/aromatic N) is 2. The van der Waals surface area contributed by atoms with Gasteiger partial charge in [-0.1, -0.05) is 85.1 Å². The summed E-state index contributed by atoms with van der Waals surface area (Å²) in [7, 11) is -4.18. The van der Waals surface area contributed by atoms with Gasteiger partial charge >= 0.3 is 0 Å². The molecule has 40 heavy (non-hydrogen) atoms. The van der Waals surface area contributed by atoms with Crippen LogP contribution < -0.4 is 9.62 Å². The minimum Gasteiger partial charge on any atom is -0.352 e. The highest BCUT2D eigenvalue weighted by atomic mass is 35.5. The van der Waals surface area contributed by atoms with Gasteiger partial charge in [0.2, 0.25) is 11.8 Å². The lowest BCUT2D eigenvalue weighted by molar-refractivity contribution is -0.140. The number of nitrogens with one attached hydrogen (secondary N) is 1. The molecule has 0 bridgehead atoms. The van der Waals surface area contributed by atoms with E-state index in [1.54, 1.807) is 36.4 Å². The summed E-state index contributed by atoms with van der Waals surface area (Å²) in [5.41, 5.74) is 2.95. The van der Waals surface area contributed by atoms with Gasteiger partial charge in [-0.15, -0.1) is 0 Å². The second-order valence-electron chi connectivity index (χ2n) is 10.0. The first kappa shape index (κ1) is 31.2. The van der Waals surface area contributed by atoms with Crippen molar-refractivity contribution in [1.82, 2.24) is 10.2 Å². The number of aryl methyl sites for hydroxylation is 2. The molecule has 0 fully saturated rings. The lowest BCUT2D eigenvalue weighted by Crippen LogP contribution is -2.53. The number of carbonyl (C=O) groups excluding carboxylic acids is 2. The third-order valence-corrected chi connectivity index (χ3v) is 8.92. The highest BCUT2D eigenvalue weighted by Crippen LogP contribution is 2.31. The van der Waals surface area contributed by atoms with Gasteiger partial charge in [0, 0.05) is 12.6 Å². The fraction of sp³-hybridized carbons (Fsp3) is 0.355. The number of hydrogen-bond acceptors (Lipinski definition) is 4. The van der Waals surface area contributed by atoms with Crippen molar-refractivity contribution in [1.29, 1.82) is 0 Å². The molecule has 3 rings (SSSR count). The van der Waals surface area contributed by atoms with Gasteiger partial charge in [0.15, 0.2) is 0 Å². The van der Waals surface area contributed by atoms with E-state index in [4.69, 9.17) is 11.6 Å². The van der Waals surface area contributed by atoms with Gasteiger partial charge in [0.05, 0.1) is 15.6 Å². The first-order chi connectivity index (χ1) is 19.0. The molecule has 0 aliphatic rings. The number of halogens is 1. The third-order valence-electron chi connectivity index (χ3n) is 6.83. The van der Waals surface area contributed by atoms with E-state index < -0.39 is 28.5 Å². The van der Waals surface area contributed by atoms with Crippen LogP contribution in [0.5, 0.6) is 0 Å². The van der Waals surface area contributed by atoms with Crippen molar-refractivity contribution in [2.75, 3.05) is 10.8 Å². The number of carbonyl (C=O) groups is 2. The molecular formula is C31H38ClN3O4S. The number of benzene rings is 3. The lowest BCUT2D eigenvalue weighted by atomic mass is 10.1. The van der Waals surface area contributed by atoms with Crippen molar-refractivity contribution in [3.05, 3.63) is 94.5 Å². The number of amides is 2. The molecule has 0 unspecified atom stereocenters. The molecule has 1 N–H and O–H groups in total. The molecule has 7 nitrogen and oxygen atoms in total. The van der Waals surface area contributed by atoms with E-state index in [0.29, 0.717) is 6.42 Å². The Morgan fingerprint density at radius 2 is 1.57 bits per heavy atom. The summed E-state index contributed by atoms with van der Waals surface area (Å²) in [5.74, 6) is -0.785. The van der Waals surface area contributed by atoms with Gasteiger partial charge in [-0.25, -0.2) is 8.42 Å². The van der Waals surface area contributed by atoms with E-state index in [1.807, 2.05) is 58.9 Å². The van der Waals surface area contributed by atoms with Crippen molar-refractivity contribution >= 4 is 39.1 Å². The van der Waals surface area contributed by atoms with Gasteiger partial charge in [-0.3, -0.25) is 13.9 Å². The fourth-order valence-corrected chi connectivity index (χ4v) is 6.09. The predicted molar refractivity (Wildman–Crippen MR) is 161 cm³/mol. The van der Waals surface area contributed by atoms with Crippen molar-refractivity contribution < 1.29 is 18.0 Å². The van der Waals surface area contributed by atoms with Crippen molar-refractivity contribution in [3.63, 3.8) is 0 Å². The molecule has 0 aliphatic carbocycles. The third kappa shape index (κ3) is 7.64. The van der Waals surface area contributed by atoms with Gasteiger partial charge in [-0.2, -0.15) is 0 Å². The zero-order valence-corrected chi connectivity index (χ0v) is 25.3. The van der Waals surface area contributed by atoms with E-state index in [-0.39, 0.29) is 34.1 Å². The Hall–Kier alpha value is -3.36. The summed E-state index contributed by atoms with van der Waals surface area (Å²) >= 11 is 6.47. The predicted octanol–water partition coefficient (Wildman–Crippen LogP) is 5.87. The van der Waals surface area contributed by atoms with E-state index in [0.717, 1.165) is 27.4 Å². The molecule has 0 aromatic heterocycles. The Labute approximate surface area is 243 Å². The average Bonchev–Trinajstić information content (AvgIpc) is 2.92. The summed E-state index contributed by atoms with van der Waals surface area (Å²) in [6.07, 6.45) is 1.10. The molecule has 0 saturated carbocycles. The molecular weight excluding hydrogens is 546 g/mol. The van der Waals surface area contributed by atoms with Crippen molar-refractivity contribution in [2.24, 2.45) is 0 Å². The lowest BCUT2D eigenvalue weighted by Gasteiger charge is -2.34. The monoisotopic (exact) mass is 583 g/mol. The number of sulfonamides is 1. The summed E-state index contributed by atoms with van der Waals surface area (Å²) in [6.45, 7) is 9.16. The molecule has 3 aromatic rings. The Balaban J connectivity index is 2.07. The topological polar surface area (TPSA) is 86.8 Å². The first-order valence-corrected chi connectivity index (χ1v) is 15.3. The van der Waals surface area contributed by atoms with Crippen molar-refractivity contribution in [3.8, 4) is 0 Å². The maximum atomic E-state index is 14.1. The van der Waals surface area contributed by atoms with Crippen LogP contribution in [0.15, 0.2) is 77.7 Å². The maximum absolute atomic E-state index is 14.1. The van der Waals surface area contributed by atoms with E-state index in [2.05, 4.69) is 5.32 Å².